The lowest BCUT2D eigenvalue weighted by Crippen LogP contribution is -2.22. The molecule has 1 unspecified atom stereocenters. The SMILES string of the molecule is O=c1[nH]cnc2c1C(c1ccco1)CC(c1ccco1)=C2. The summed E-state index contributed by atoms with van der Waals surface area (Å²) in [6.45, 7) is 0. The summed E-state index contributed by atoms with van der Waals surface area (Å²) < 4.78 is 11.0. The van der Waals surface area contributed by atoms with E-state index in [9.17, 15) is 4.79 Å². The molecule has 3 aromatic heterocycles. The van der Waals surface area contributed by atoms with Crippen molar-refractivity contribution in [2.45, 2.75) is 12.3 Å². The Bertz CT molecular complexity index is 842. The summed E-state index contributed by atoms with van der Waals surface area (Å²) in [6.07, 6.45) is 7.22. The largest absolute Gasteiger partial charge is 0.469 e. The molecule has 0 saturated heterocycles. The highest BCUT2D eigenvalue weighted by atomic mass is 16.3. The first kappa shape index (κ1) is 12.0. The Morgan fingerprint density at radius 3 is 2.81 bits per heavy atom. The second-order valence-electron chi connectivity index (χ2n) is 4.95. The fourth-order valence-electron chi connectivity index (χ4n) is 2.79. The first-order valence-corrected chi connectivity index (χ1v) is 6.68. The maximum absolute atomic E-state index is 12.2. The van der Waals surface area contributed by atoms with Crippen LogP contribution in [0, 0.1) is 0 Å². The van der Waals surface area contributed by atoms with E-state index in [1.54, 1.807) is 12.5 Å². The third kappa shape index (κ3) is 1.94. The minimum Gasteiger partial charge on any atom is -0.469 e. The van der Waals surface area contributed by atoms with Crippen molar-refractivity contribution in [3.05, 3.63) is 76.3 Å². The lowest BCUT2D eigenvalue weighted by atomic mass is 9.83. The predicted molar refractivity (Wildman–Crippen MR) is 76.6 cm³/mol. The Morgan fingerprint density at radius 2 is 2.05 bits per heavy atom. The molecule has 5 heteroatoms. The summed E-state index contributed by atoms with van der Waals surface area (Å²) in [5, 5.41) is 0. The van der Waals surface area contributed by atoms with Gasteiger partial charge in [-0.05, 0) is 42.3 Å². The highest BCUT2D eigenvalue weighted by Crippen LogP contribution is 2.39. The van der Waals surface area contributed by atoms with Gasteiger partial charge in [0.2, 0.25) is 0 Å². The van der Waals surface area contributed by atoms with Crippen molar-refractivity contribution >= 4 is 11.6 Å². The highest BCUT2D eigenvalue weighted by Gasteiger charge is 2.29. The van der Waals surface area contributed by atoms with Gasteiger partial charge in [-0.3, -0.25) is 4.79 Å². The van der Waals surface area contributed by atoms with Crippen molar-refractivity contribution < 1.29 is 8.83 Å². The quantitative estimate of drug-likeness (QED) is 0.783. The number of furan rings is 2. The number of rotatable bonds is 2. The average Bonchev–Trinajstić information content (AvgIpc) is 3.20. The molecule has 0 fully saturated rings. The molecule has 21 heavy (non-hydrogen) atoms. The third-order valence-corrected chi connectivity index (χ3v) is 3.73. The number of aromatic amines is 1. The molecule has 0 aliphatic heterocycles. The molecule has 1 aliphatic carbocycles. The zero-order valence-electron chi connectivity index (χ0n) is 11.1. The molecule has 1 atom stereocenters. The number of hydrogen-bond donors (Lipinski definition) is 1. The smallest absolute Gasteiger partial charge is 0.255 e. The monoisotopic (exact) mass is 280 g/mol. The van der Waals surface area contributed by atoms with Crippen molar-refractivity contribution in [3.8, 4) is 0 Å². The molecule has 0 amide bonds. The van der Waals surface area contributed by atoms with Gasteiger partial charge in [-0.2, -0.15) is 0 Å². The highest BCUT2D eigenvalue weighted by molar-refractivity contribution is 5.82. The number of hydrogen-bond acceptors (Lipinski definition) is 4. The summed E-state index contributed by atoms with van der Waals surface area (Å²) in [5.41, 5.74) is 2.18. The molecule has 3 aromatic rings. The molecule has 104 valence electrons. The van der Waals surface area contributed by atoms with E-state index >= 15 is 0 Å². The van der Waals surface area contributed by atoms with Gasteiger partial charge in [0, 0.05) is 0 Å². The summed E-state index contributed by atoms with van der Waals surface area (Å²) in [4.78, 5) is 19.1. The van der Waals surface area contributed by atoms with Gasteiger partial charge in [0.15, 0.2) is 0 Å². The molecule has 0 radical (unpaired) electrons. The van der Waals surface area contributed by atoms with Crippen LogP contribution >= 0.6 is 0 Å². The molecule has 0 bridgehead atoms. The van der Waals surface area contributed by atoms with Gasteiger partial charge in [-0.1, -0.05) is 0 Å². The lowest BCUT2D eigenvalue weighted by Gasteiger charge is -2.21. The van der Waals surface area contributed by atoms with Crippen LogP contribution in [0.1, 0.15) is 35.1 Å². The van der Waals surface area contributed by atoms with E-state index in [2.05, 4.69) is 9.97 Å². The Balaban J connectivity index is 1.92. The molecule has 0 spiro atoms. The van der Waals surface area contributed by atoms with Gasteiger partial charge < -0.3 is 13.8 Å². The van der Waals surface area contributed by atoms with Crippen molar-refractivity contribution in [1.29, 1.82) is 0 Å². The van der Waals surface area contributed by atoms with Crippen LogP contribution in [0.2, 0.25) is 0 Å². The summed E-state index contributed by atoms with van der Waals surface area (Å²) in [6, 6.07) is 7.46. The van der Waals surface area contributed by atoms with Crippen LogP contribution in [0.15, 0.2) is 56.7 Å². The number of nitrogens with one attached hydrogen (secondary N) is 1. The van der Waals surface area contributed by atoms with Gasteiger partial charge in [-0.25, -0.2) is 4.98 Å². The number of aromatic nitrogens is 2. The summed E-state index contributed by atoms with van der Waals surface area (Å²) in [7, 11) is 0. The van der Waals surface area contributed by atoms with E-state index in [1.807, 2.05) is 30.3 Å². The Hall–Kier alpha value is -2.82. The molecular weight excluding hydrogens is 268 g/mol. The Labute approximate surface area is 119 Å². The maximum Gasteiger partial charge on any atom is 0.255 e. The van der Waals surface area contributed by atoms with Gasteiger partial charge in [0.1, 0.15) is 11.5 Å². The molecule has 1 aliphatic rings. The minimum absolute atomic E-state index is 0.129. The molecule has 4 rings (SSSR count). The average molecular weight is 280 g/mol. The molecule has 0 aromatic carbocycles. The van der Waals surface area contributed by atoms with Gasteiger partial charge in [0.25, 0.3) is 5.56 Å². The predicted octanol–water partition coefficient (Wildman–Crippen LogP) is 3.03. The topological polar surface area (TPSA) is 72.0 Å². The van der Waals surface area contributed by atoms with Crippen LogP contribution in [0.3, 0.4) is 0 Å². The summed E-state index contributed by atoms with van der Waals surface area (Å²) >= 11 is 0. The van der Waals surface area contributed by atoms with E-state index in [0.29, 0.717) is 17.7 Å². The second-order valence-corrected chi connectivity index (χ2v) is 4.95. The van der Waals surface area contributed by atoms with E-state index < -0.39 is 0 Å². The van der Waals surface area contributed by atoms with E-state index in [-0.39, 0.29) is 11.5 Å². The van der Waals surface area contributed by atoms with Crippen LogP contribution < -0.4 is 5.56 Å². The number of nitrogens with zero attached hydrogens (tertiary/aromatic N) is 1. The van der Waals surface area contributed by atoms with Crippen LogP contribution in [0.4, 0.5) is 0 Å². The van der Waals surface area contributed by atoms with E-state index in [4.69, 9.17) is 8.83 Å². The molecule has 1 N–H and O–H groups in total. The zero-order valence-corrected chi connectivity index (χ0v) is 11.1. The zero-order chi connectivity index (χ0) is 14.2. The van der Waals surface area contributed by atoms with Crippen molar-refractivity contribution in [2.75, 3.05) is 0 Å². The molecular formula is C16H12N2O3. The summed E-state index contributed by atoms with van der Waals surface area (Å²) in [5.74, 6) is 1.39. The first-order valence-electron chi connectivity index (χ1n) is 6.68. The fraction of sp³-hybridized carbons (Fsp3) is 0.125. The number of H-pyrrole nitrogens is 1. The van der Waals surface area contributed by atoms with Crippen molar-refractivity contribution in [2.24, 2.45) is 0 Å². The third-order valence-electron chi connectivity index (χ3n) is 3.73. The minimum atomic E-state index is -0.155. The molecule has 3 heterocycles. The Morgan fingerprint density at radius 1 is 1.19 bits per heavy atom. The van der Waals surface area contributed by atoms with Crippen LogP contribution in [0.25, 0.3) is 11.6 Å². The standard InChI is InChI=1S/C16H12N2O3/c19-16-15-11(14-4-2-6-21-14)7-10(13-3-1-5-20-13)8-12(15)17-9-18-16/h1-6,8-9,11H,7H2,(H,17,18,19). The second kappa shape index (κ2) is 4.63. The number of fused-ring (bicyclic) bond motifs is 1. The van der Waals surface area contributed by atoms with Gasteiger partial charge >= 0.3 is 0 Å². The molecule has 5 nitrogen and oxygen atoms in total. The lowest BCUT2D eigenvalue weighted by molar-refractivity contribution is 0.481. The normalized spacial score (nSPS) is 17.3. The van der Waals surface area contributed by atoms with Gasteiger partial charge in [-0.15, -0.1) is 0 Å². The van der Waals surface area contributed by atoms with E-state index in [1.165, 1.54) is 6.33 Å². The number of allylic oxidation sites excluding steroid dienone is 1. The first-order chi connectivity index (χ1) is 10.3. The fourth-order valence-corrected chi connectivity index (χ4v) is 2.79. The van der Waals surface area contributed by atoms with Gasteiger partial charge in [0.05, 0.1) is 36.0 Å². The van der Waals surface area contributed by atoms with Crippen molar-refractivity contribution in [1.82, 2.24) is 9.97 Å². The molecule has 0 saturated carbocycles. The Kier molecular flexibility index (Phi) is 2.64. The van der Waals surface area contributed by atoms with Crippen LogP contribution in [-0.2, 0) is 0 Å². The maximum atomic E-state index is 12.2. The van der Waals surface area contributed by atoms with E-state index in [0.717, 1.165) is 17.1 Å². The van der Waals surface area contributed by atoms with Crippen LogP contribution in [0.5, 0.6) is 0 Å². The van der Waals surface area contributed by atoms with Crippen LogP contribution in [-0.4, -0.2) is 9.97 Å². The van der Waals surface area contributed by atoms with Crippen molar-refractivity contribution in [3.63, 3.8) is 0 Å².